The number of hydrogen-bond donors (Lipinski definition) is 2. The van der Waals surface area contributed by atoms with Gasteiger partial charge in [0, 0.05) is 24.3 Å². The van der Waals surface area contributed by atoms with Crippen molar-refractivity contribution in [2.24, 2.45) is 0 Å². The van der Waals surface area contributed by atoms with Gasteiger partial charge in [-0.3, -0.25) is 0 Å². The van der Waals surface area contributed by atoms with E-state index in [1.54, 1.807) is 0 Å². The number of hydrogen-bond acceptors (Lipinski definition) is 4. The summed E-state index contributed by atoms with van der Waals surface area (Å²) in [6, 6.07) is 4.58. The van der Waals surface area contributed by atoms with Crippen molar-refractivity contribution in [3.63, 3.8) is 0 Å². The van der Waals surface area contributed by atoms with Gasteiger partial charge in [0.15, 0.2) is 0 Å². The summed E-state index contributed by atoms with van der Waals surface area (Å²) in [5, 5.41) is 12.6. The molecule has 94 valence electrons. The van der Waals surface area contributed by atoms with E-state index in [4.69, 9.17) is 0 Å². The highest BCUT2D eigenvalue weighted by Crippen LogP contribution is 2.29. The summed E-state index contributed by atoms with van der Waals surface area (Å²) in [7, 11) is 1.95. The van der Waals surface area contributed by atoms with Gasteiger partial charge in [0.05, 0.1) is 12.6 Å². The minimum Gasteiger partial charge on any atom is -0.394 e. The Labute approximate surface area is 103 Å². The summed E-state index contributed by atoms with van der Waals surface area (Å²) in [5.41, 5.74) is 1.20. The molecule has 2 N–H and O–H groups in total. The second kappa shape index (κ2) is 5.47. The van der Waals surface area contributed by atoms with Gasteiger partial charge >= 0.3 is 0 Å². The normalized spacial score (nSPS) is 21.8. The van der Waals surface area contributed by atoms with Gasteiger partial charge in [-0.1, -0.05) is 6.07 Å². The third-order valence-corrected chi connectivity index (χ3v) is 3.58. The SMILES string of the molecule is CNC(C)c1cccnc1N1CCCC1CO. The Hall–Kier alpha value is -1.13. The van der Waals surface area contributed by atoms with E-state index in [2.05, 4.69) is 28.2 Å². The fourth-order valence-corrected chi connectivity index (χ4v) is 2.45. The first-order valence-electron chi connectivity index (χ1n) is 6.27. The van der Waals surface area contributed by atoms with Crippen molar-refractivity contribution < 1.29 is 5.11 Å². The molecule has 2 rings (SSSR count). The Kier molecular flexibility index (Phi) is 3.97. The molecule has 2 atom stereocenters. The zero-order valence-corrected chi connectivity index (χ0v) is 10.6. The molecule has 0 radical (unpaired) electrons. The lowest BCUT2D eigenvalue weighted by molar-refractivity contribution is 0.266. The molecule has 1 saturated heterocycles. The van der Waals surface area contributed by atoms with Crippen LogP contribution in [0.3, 0.4) is 0 Å². The maximum atomic E-state index is 9.40. The molecule has 17 heavy (non-hydrogen) atoms. The van der Waals surface area contributed by atoms with Crippen molar-refractivity contribution in [2.75, 3.05) is 25.1 Å². The summed E-state index contributed by atoms with van der Waals surface area (Å²) in [4.78, 5) is 6.74. The van der Waals surface area contributed by atoms with Gasteiger partial charge in [0.1, 0.15) is 5.82 Å². The number of aliphatic hydroxyl groups excluding tert-OH is 1. The Morgan fingerprint density at radius 3 is 3.18 bits per heavy atom. The van der Waals surface area contributed by atoms with Crippen LogP contribution in [0.2, 0.25) is 0 Å². The van der Waals surface area contributed by atoms with Crippen LogP contribution in [0.5, 0.6) is 0 Å². The van der Waals surface area contributed by atoms with Crippen molar-refractivity contribution in [1.29, 1.82) is 0 Å². The zero-order chi connectivity index (χ0) is 12.3. The molecular weight excluding hydrogens is 214 g/mol. The van der Waals surface area contributed by atoms with Gasteiger partial charge in [-0.25, -0.2) is 4.98 Å². The molecule has 1 aromatic rings. The molecule has 1 aliphatic heterocycles. The van der Waals surface area contributed by atoms with Crippen LogP contribution in [0.1, 0.15) is 31.4 Å². The van der Waals surface area contributed by atoms with Gasteiger partial charge in [-0.15, -0.1) is 0 Å². The third kappa shape index (κ3) is 2.42. The number of pyridine rings is 1. The molecule has 1 aromatic heterocycles. The molecule has 0 saturated carbocycles. The fraction of sp³-hybridized carbons (Fsp3) is 0.615. The minimum absolute atomic E-state index is 0.212. The largest absolute Gasteiger partial charge is 0.394 e. The van der Waals surface area contributed by atoms with Crippen LogP contribution in [0.25, 0.3) is 0 Å². The van der Waals surface area contributed by atoms with E-state index in [-0.39, 0.29) is 18.7 Å². The smallest absolute Gasteiger partial charge is 0.133 e. The fourth-order valence-electron chi connectivity index (χ4n) is 2.45. The molecule has 0 spiro atoms. The highest BCUT2D eigenvalue weighted by atomic mass is 16.3. The first-order chi connectivity index (χ1) is 8.27. The monoisotopic (exact) mass is 235 g/mol. The lowest BCUT2D eigenvalue weighted by atomic mass is 10.1. The second-order valence-corrected chi connectivity index (χ2v) is 4.60. The molecule has 1 fully saturated rings. The zero-order valence-electron chi connectivity index (χ0n) is 10.6. The van der Waals surface area contributed by atoms with Gasteiger partial charge in [0.25, 0.3) is 0 Å². The molecule has 4 heteroatoms. The van der Waals surface area contributed by atoms with Crippen LogP contribution in [0.4, 0.5) is 5.82 Å². The Morgan fingerprint density at radius 2 is 2.47 bits per heavy atom. The number of anilines is 1. The van der Waals surface area contributed by atoms with Gasteiger partial charge in [-0.2, -0.15) is 0 Å². The highest BCUT2D eigenvalue weighted by Gasteiger charge is 2.27. The van der Waals surface area contributed by atoms with Gasteiger partial charge in [-0.05, 0) is 32.9 Å². The average molecular weight is 235 g/mol. The minimum atomic E-state index is 0.212. The van der Waals surface area contributed by atoms with Crippen molar-refractivity contribution in [2.45, 2.75) is 31.8 Å². The maximum Gasteiger partial charge on any atom is 0.133 e. The molecule has 2 unspecified atom stereocenters. The van der Waals surface area contributed by atoms with E-state index >= 15 is 0 Å². The Balaban J connectivity index is 2.31. The van der Waals surface area contributed by atoms with E-state index in [1.807, 2.05) is 19.3 Å². The lowest BCUT2D eigenvalue weighted by Crippen LogP contribution is -2.34. The molecule has 0 aromatic carbocycles. The van der Waals surface area contributed by atoms with Crippen LogP contribution in [0.15, 0.2) is 18.3 Å². The molecule has 0 amide bonds. The summed E-state index contributed by atoms with van der Waals surface area (Å²) in [6.45, 7) is 3.33. The number of aromatic nitrogens is 1. The number of nitrogens with zero attached hydrogens (tertiary/aromatic N) is 2. The molecule has 0 bridgehead atoms. The third-order valence-electron chi connectivity index (χ3n) is 3.58. The molecule has 1 aliphatic rings. The van der Waals surface area contributed by atoms with E-state index in [0.29, 0.717) is 0 Å². The van der Waals surface area contributed by atoms with Crippen LogP contribution in [-0.2, 0) is 0 Å². The van der Waals surface area contributed by atoms with E-state index in [1.165, 1.54) is 5.56 Å². The molecule has 4 nitrogen and oxygen atoms in total. The number of nitrogens with one attached hydrogen (secondary N) is 1. The average Bonchev–Trinajstić information content (AvgIpc) is 2.86. The van der Waals surface area contributed by atoms with Crippen molar-refractivity contribution in [1.82, 2.24) is 10.3 Å². The van der Waals surface area contributed by atoms with Crippen LogP contribution in [-0.4, -0.2) is 36.3 Å². The van der Waals surface area contributed by atoms with Crippen molar-refractivity contribution in [3.8, 4) is 0 Å². The van der Waals surface area contributed by atoms with Crippen molar-refractivity contribution in [3.05, 3.63) is 23.9 Å². The Morgan fingerprint density at radius 1 is 1.65 bits per heavy atom. The summed E-state index contributed by atoms with van der Waals surface area (Å²) >= 11 is 0. The standard InChI is InChI=1S/C13H21N3O/c1-10(14-2)12-6-3-7-15-13(12)16-8-4-5-11(16)9-17/h3,6-7,10-11,14,17H,4-5,8-9H2,1-2H3. The van der Waals surface area contributed by atoms with Gasteiger partial charge < -0.3 is 15.3 Å². The van der Waals surface area contributed by atoms with E-state index < -0.39 is 0 Å². The van der Waals surface area contributed by atoms with Crippen LogP contribution < -0.4 is 10.2 Å². The molecule has 0 aliphatic carbocycles. The lowest BCUT2D eigenvalue weighted by Gasteiger charge is -2.27. The maximum absolute atomic E-state index is 9.40. The summed E-state index contributed by atoms with van der Waals surface area (Å²) in [6.07, 6.45) is 4.02. The first-order valence-corrected chi connectivity index (χ1v) is 6.27. The predicted octanol–water partition coefficient (Wildman–Crippen LogP) is 1.32. The Bertz CT molecular complexity index is 369. The first kappa shape index (κ1) is 12.3. The quantitative estimate of drug-likeness (QED) is 0.826. The molecule has 2 heterocycles. The topological polar surface area (TPSA) is 48.4 Å². The van der Waals surface area contributed by atoms with Crippen LogP contribution in [0, 0.1) is 0 Å². The van der Waals surface area contributed by atoms with Crippen molar-refractivity contribution >= 4 is 5.82 Å². The summed E-state index contributed by atoms with van der Waals surface area (Å²) in [5.74, 6) is 1.02. The van der Waals surface area contributed by atoms with E-state index in [9.17, 15) is 5.11 Å². The summed E-state index contributed by atoms with van der Waals surface area (Å²) < 4.78 is 0. The predicted molar refractivity (Wildman–Crippen MR) is 69.2 cm³/mol. The number of rotatable bonds is 4. The van der Waals surface area contributed by atoms with Gasteiger partial charge in [0.2, 0.25) is 0 Å². The second-order valence-electron chi connectivity index (χ2n) is 4.60. The van der Waals surface area contributed by atoms with E-state index in [0.717, 1.165) is 25.2 Å². The highest BCUT2D eigenvalue weighted by molar-refractivity contribution is 5.50. The molecular formula is C13H21N3O. The number of aliphatic hydroxyl groups is 1. The van der Waals surface area contributed by atoms with Crippen LogP contribution >= 0.6 is 0 Å².